The van der Waals surface area contributed by atoms with Crippen molar-refractivity contribution >= 4 is 34.7 Å². The number of rotatable bonds is 5. The molecule has 1 aromatic carbocycles. The highest BCUT2D eigenvalue weighted by Gasteiger charge is 2.10. The van der Waals surface area contributed by atoms with E-state index in [9.17, 15) is 0 Å². The van der Waals surface area contributed by atoms with E-state index in [1.165, 1.54) is 4.88 Å². The summed E-state index contributed by atoms with van der Waals surface area (Å²) in [5, 5.41) is 5.43. The lowest BCUT2D eigenvalue weighted by Crippen LogP contribution is -2.34. The van der Waals surface area contributed by atoms with E-state index in [-0.39, 0.29) is 5.54 Å². The zero-order valence-corrected chi connectivity index (χ0v) is 14.3. The van der Waals surface area contributed by atoms with E-state index in [2.05, 4.69) is 31.1 Å². The Hall–Kier alpha value is -0.550. The molecule has 1 N–H and O–H groups in total. The summed E-state index contributed by atoms with van der Waals surface area (Å²) < 4.78 is 0. The van der Waals surface area contributed by atoms with Crippen molar-refractivity contribution < 1.29 is 0 Å². The SMILES string of the molecule is CC(C)(C)NCc1cnc(CSc2ccccc2Cl)s1. The standard InChI is InChI=1S/C15H19ClN2S2/c1-15(2,3)18-9-11-8-17-14(20-11)10-19-13-7-5-4-6-12(13)16/h4-8,18H,9-10H2,1-3H3. The summed E-state index contributed by atoms with van der Waals surface area (Å²) in [4.78, 5) is 6.86. The minimum Gasteiger partial charge on any atom is -0.307 e. The van der Waals surface area contributed by atoms with Crippen molar-refractivity contribution in [3.63, 3.8) is 0 Å². The lowest BCUT2D eigenvalue weighted by molar-refractivity contribution is 0.426. The van der Waals surface area contributed by atoms with E-state index in [1.54, 1.807) is 23.1 Å². The molecule has 0 radical (unpaired) electrons. The molecule has 0 aliphatic rings. The Labute approximate surface area is 134 Å². The van der Waals surface area contributed by atoms with E-state index < -0.39 is 0 Å². The monoisotopic (exact) mass is 326 g/mol. The maximum absolute atomic E-state index is 6.15. The molecule has 0 spiro atoms. The molecule has 2 aromatic rings. The number of halogens is 1. The summed E-state index contributed by atoms with van der Waals surface area (Å²) in [6.45, 7) is 7.38. The first-order valence-electron chi connectivity index (χ1n) is 6.50. The minimum atomic E-state index is 0.135. The van der Waals surface area contributed by atoms with Gasteiger partial charge in [-0.3, -0.25) is 0 Å². The van der Waals surface area contributed by atoms with Crippen LogP contribution in [0.15, 0.2) is 35.4 Å². The van der Waals surface area contributed by atoms with Crippen LogP contribution >= 0.6 is 34.7 Å². The van der Waals surface area contributed by atoms with Crippen molar-refractivity contribution in [1.29, 1.82) is 0 Å². The van der Waals surface area contributed by atoms with E-state index in [0.29, 0.717) is 0 Å². The Morgan fingerprint density at radius 1 is 1.30 bits per heavy atom. The summed E-state index contributed by atoms with van der Waals surface area (Å²) >= 11 is 9.64. The molecule has 0 aliphatic carbocycles. The fraction of sp³-hybridized carbons (Fsp3) is 0.400. The molecule has 5 heteroatoms. The number of thiazole rings is 1. The van der Waals surface area contributed by atoms with Gasteiger partial charge < -0.3 is 5.32 Å². The quantitative estimate of drug-likeness (QED) is 0.785. The summed E-state index contributed by atoms with van der Waals surface area (Å²) in [5.41, 5.74) is 0.135. The number of benzene rings is 1. The van der Waals surface area contributed by atoms with Crippen LogP contribution in [0.5, 0.6) is 0 Å². The van der Waals surface area contributed by atoms with Gasteiger partial charge in [-0.1, -0.05) is 23.7 Å². The fourth-order valence-electron chi connectivity index (χ4n) is 1.55. The lowest BCUT2D eigenvalue weighted by atomic mass is 10.1. The Morgan fingerprint density at radius 2 is 2.05 bits per heavy atom. The number of aromatic nitrogens is 1. The zero-order chi connectivity index (χ0) is 14.6. The average Bonchev–Trinajstić information content (AvgIpc) is 2.83. The molecular formula is C15H19ClN2S2. The molecule has 0 saturated carbocycles. The van der Waals surface area contributed by atoms with Gasteiger partial charge in [-0.2, -0.15) is 0 Å². The third kappa shape index (κ3) is 5.09. The van der Waals surface area contributed by atoms with Crippen LogP contribution in [0.3, 0.4) is 0 Å². The largest absolute Gasteiger partial charge is 0.307 e. The van der Waals surface area contributed by atoms with Crippen LogP contribution in [-0.4, -0.2) is 10.5 Å². The van der Waals surface area contributed by atoms with Crippen LogP contribution in [0.2, 0.25) is 5.02 Å². The van der Waals surface area contributed by atoms with Gasteiger partial charge in [0, 0.05) is 28.1 Å². The van der Waals surface area contributed by atoms with Gasteiger partial charge >= 0.3 is 0 Å². The normalized spacial score (nSPS) is 11.8. The second-order valence-corrected chi connectivity index (χ2v) is 8.17. The Bertz CT molecular complexity index is 561. The number of hydrogen-bond acceptors (Lipinski definition) is 4. The van der Waals surface area contributed by atoms with E-state index >= 15 is 0 Å². The topological polar surface area (TPSA) is 24.9 Å². The van der Waals surface area contributed by atoms with Crippen molar-refractivity contribution in [2.75, 3.05) is 0 Å². The number of nitrogens with zero attached hydrogens (tertiary/aromatic N) is 1. The maximum Gasteiger partial charge on any atom is 0.103 e. The molecule has 1 aromatic heterocycles. The first kappa shape index (κ1) is 15.8. The second-order valence-electron chi connectivity index (χ2n) is 5.54. The predicted octanol–water partition coefficient (Wildman–Crippen LogP) is 4.98. The van der Waals surface area contributed by atoms with Crippen LogP contribution in [0, 0.1) is 0 Å². The molecule has 1 heterocycles. The highest BCUT2D eigenvalue weighted by atomic mass is 35.5. The Morgan fingerprint density at radius 3 is 2.75 bits per heavy atom. The first-order valence-corrected chi connectivity index (χ1v) is 8.68. The van der Waals surface area contributed by atoms with Gasteiger partial charge in [0.2, 0.25) is 0 Å². The molecular weight excluding hydrogens is 308 g/mol. The van der Waals surface area contributed by atoms with Crippen molar-refractivity contribution in [1.82, 2.24) is 10.3 Å². The lowest BCUT2D eigenvalue weighted by Gasteiger charge is -2.19. The van der Waals surface area contributed by atoms with Gasteiger partial charge in [-0.05, 0) is 32.9 Å². The zero-order valence-electron chi connectivity index (χ0n) is 11.9. The number of thioether (sulfide) groups is 1. The summed E-state index contributed by atoms with van der Waals surface area (Å²) in [5.74, 6) is 0.865. The van der Waals surface area contributed by atoms with Crippen LogP contribution in [0.1, 0.15) is 30.7 Å². The summed E-state index contributed by atoms with van der Waals surface area (Å²) in [6.07, 6.45) is 1.96. The molecule has 0 fully saturated rings. The van der Waals surface area contributed by atoms with Crippen molar-refractivity contribution in [2.24, 2.45) is 0 Å². The minimum absolute atomic E-state index is 0.135. The Balaban J connectivity index is 1.89. The second kappa shape index (κ2) is 6.94. The maximum atomic E-state index is 6.15. The summed E-state index contributed by atoms with van der Waals surface area (Å²) in [7, 11) is 0. The molecule has 0 unspecified atom stereocenters. The molecule has 0 amide bonds. The van der Waals surface area contributed by atoms with Crippen molar-refractivity contribution in [3.8, 4) is 0 Å². The smallest absolute Gasteiger partial charge is 0.103 e. The molecule has 20 heavy (non-hydrogen) atoms. The highest BCUT2D eigenvalue weighted by Crippen LogP contribution is 2.30. The number of hydrogen-bond donors (Lipinski definition) is 1. The van der Waals surface area contributed by atoms with E-state index in [0.717, 1.165) is 27.2 Å². The van der Waals surface area contributed by atoms with Gasteiger partial charge in [0.05, 0.1) is 10.8 Å². The van der Waals surface area contributed by atoms with Gasteiger partial charge in [0.1, 0.15) is 5.01 Å². The van der Waals surface area contributed by atoms with Gasteiger partial charge in [0.15, 0.2) is 0 Å². The first-order chi connectivity index (χ1) is 9.44. The van der Waals surface area contributed by atoms with Crippen LogP contribution in [-0.2, 0) is 12.3 Å². The van der Waals surface area contributed by atoms with Crippen LogP contribution in [0.4, 0.5) is 0 Å². The van der Waals surface area contributed by atoms with E-state index in [4.69, 9.17) is 11.6 Å². The average molecular weight is 327 g/mol. The van der Waals surface area contributed by atoms with Crippen LogP contribution < -0.4 is 5.32 Å². The van der Waals surface area contributed by atoms with Crippen molar-refractivity contribution in [3.05, 3.63) is 45.4 Å². The number of nitrogens with one attached hydrogen (secondary N) is 1. The Kier molecular flexibility index (Phi) is 5.49. The summed E-state index contributed by atoms with van der Waals surface area (Å²) in [6, 6.07) is 7.92. The van der Waals surface area contributed by atoms with Gasteiger partial charge in [0.25, 0.3) is 0 Å². The molecule has 0 saturated heterocycles. The van der Waals surface area contributed by atoms with Gasteiger partial charge in [-0.25, -0.2) is 4.98 Å². The molecule has 2 nitrogen and oxygen atoms in total. The fourth-order valence-corrected chi connectivity index (χ4v) is 3.65. The predicted molar refractivity (Wildman–Crippen MR) is 89.7 cm³/mol. The molecule has 0 atom stereocenters. The van der Waals surface area contributed by atoms with E-state index in [1.807, 2.05) is 30.5 Å². The highest BCUT2D eigenvalue weighted by molar-refractivity contribution is 7.98. The third-order valence-corrected chi connectivity index (χ3v) is 5.29. The third-order valence-electron chi connectivity index (χ3n) is 2.58. The van der Waals surface area contributed by atoms with Crippen molar-refractivity contribution in [2.45, 2.75) is 43.5 Å². The molecule has 2 rings (SSSR count). The van der Waals surface area contributed by atoms with Gasteiger partial charge in [-0.15, -0.1) is 23.1 Å². The van der Waals surface area contributed by atoms with Crippen LogP contribution in [0.25, 0.3) is 0 Å². The molecule has 0 aliphatic heterocycles. The molecule has 0 bridgehead atoms. The molecule has 108 valence electrons.